The first kappa shape index (κ1) is 31.5. The minimum Gasteiger partial charge on any atom is -0.309 e. The van der Waals surface area contributed by atoms with E-state index in [-0.39, 0.29) is 10.8 Å². The molecule has 0 fully saturated rings. The van der Waals surface area contributed by atoms with E-state index in [0.29, 0.717) is 28.1 Å². The van der Waals surface area contributed by atoms with Gasteiger partial charge in [0.25, 0.3) is 0 Å². The maximum absolute atomic E-state index is 15.0. The second kappa shape index (κ2) is 11.1. The fourth-order valence-electron chi connectivity index (χ4n) is 7.37. The molecule has 0 aliphatic rings. The van der Waals surface area contributed by atoms with Crippen LogP contribution in [0.4, 0.5) is 8.78 Å². The molecular formula is C45H37F2N3. The number of hydrogen-bond donors (Lipinski definition) is 0. The summed E-state index contributed by atoms with van der Waals surface area (Å²) in [5.41, 5.74) is 8.82. The van der Waals surface area contributed by atoms with E-state index in [2.05, 4.69) is 117 Å². The molecule has 0 atom stereocenters. The number of hydrogen-bond acceptors (Lipinski definition) is 1. The summed E-state index contributed by atoms with van der Waals surface area (Å²) in [5, 5.41) is 15.1. The number of para-hydroxylation sites is 2. The van der Waals surface area contributed by atoms with Gasteiger partial charge in [-0.2, -0.15) is 5.26 Å². The third-order valence-electron chi connectivity index (χ3n) is 9.97. The molecule has 0 amide bonds. The molecule has 2 heterocycles. The van der Waals surface area contributed by atoms with Crippen LogP contribution in [0, 0.1) is 23.0 Å². The van der Waals surface area contributed by atoms with Crippen molar-refractivity contribution in [2.24, 2.45) is 0 Å². The molecule has 0 aliphatic heterocycles. The maximum atomic E-state index is 15.0. The lowest BCUT2D eigenvalue weighted by Gasteiger charge is -2.21. The van der Waals surface area contributed by atoms with Crippen molar-refractivity contribution in [3.8, 4) is 28.6 Å². The van der Waals surface area contributed by atoms with Crippen molar-refractivity contribution in [1.82, 2.24) is 9.13 Å². The zero-order chi connectivity index (χ0) is 35.1. The predicted octanol–water partition coefficient (Wildman–Crippen LogP) is 12.3. The zero-order valence-corrected chi connectivity index (χ0v) is 29.1. The zero-order valence-electron chi connectivity index (χ0n) is 29.1. The van der Waals surface area contributed by atoms with Crippen molar-refractivity contribution in [2.45, 2.75) is 52.4 Å². The van der Waals surface area contributed by atoms with E-state index in [0.717, 1.165) is 49.7 Å². The van der Waals surface area contributed by atoms with Gasteiger partial charge < -0.3 is 9.13 Å². The van der Waals surface area contributed by atoms with Crippen LogP contribution < -0.4 is 0 Å². The Hall–Kier alpha value is -5.73. The summed E-state index contributed by atoms with van der Waals surface area (Å²) in [6, 6.07) is 39.3. The molecule has 0 bridgehead atoms. The molecule has 8 rings (SSSR count). The van der Waals surface area contributed by atoms with E-state index < -0.39 is 11.6 Å². The maximum Gasteiger partial charge on any atom is 0.126 e. The van der Waals surface area contributed by atoms with E-state index >= 15 is 8.78 Å². The number of benzene rings is 6. The van der Waals surface area contributed by atoms with Crippen LogP contribution in [0.3, 0.4) is 0 Å². The fraction of sp³-hybridized carbons (Fsp3) is 0.178. The molecule has 0 aliphatic carbocycles. The number of nitrogens with zero attached hydrogens (tertiary/aromatic N) is 3. The van der Waals surface area contributed by atoms with Crippen LogP contribution >= 0.6 is 0 Å². The van der Waals surface area contributed by atoms with Gasteiger partial charge in [0.15, 0.2) is 0 Å². The highest BCUT2D eigenvalue weighted by Crippen LogP contribution is 2.42. The predicted molar refractivity (Wildman–Crippen MR) is 203 cm³/mol. The molecule has 0 N–H and O–H groups in total. The lowest BCUT2D eigenvalue weighted by molar-refractivity contribution is 0.584. The lowest BCUT2D eigenvalue weighted by Crippen LogP contribution is -2.10. The van der Waals surface area contributed by atoms with Crippen molar-refractivity contribution in [3.05, 3.63) is 144 Å². The fourth-order valence-corrected chi connectivity index (χ4v) is 7.37. The average Bonchev–Trinajstić information content (AvgIpc) is 3.58. The normalized spacial score (nSPS) is 12.4. The number of halogens is 2. The van der Waals surface area contributed by atoms with Crippen molar-refractivity contribution in [1.29, 1.82) is 5.26 Å². The molecule has 5 heteroatoms. The van der Waals surface area contributed by atoms with E-state index in [4.69, 9.17) is 0 Å². The Balaban J connectivity index is 1.51. The molecular weight excluding hydrogens is 621 g/mol. The number of rotatable bonds is 3. The number of fused-ring (bicyclic) bond motifs is 6. The van der Waals surface area contributed by atoms with Gasteiger partial charge in [-0.05, 0) is 88.2 Å². The van der Waals surface area contributed by atoms with Gasteiger partial charge in [-0.25, -0.2) is 8.78 Å². The van der Waals surface area contributed by atoms with E-state index in [9.17, 15) is 5.26 Å². The van der Waals surface area contributed by atoms with Gasteiger partial charge >= 0.3 is 0 Å². The minimum absolute atomic E-state index is 0.0541. The van der Waals surface area contributed by atoms with Crippen LogP contribution in [0.25, 0.3) is 66.1 Å². The van der Waals surface area contributed by atoms with Gasteiger partial charge in [-0.3, -0.25) is 0 Å². The molecule has 0 radical (unpaired) electrons. The Bertz CT molecular complexity index is 2690. The van der Waals surface area contributed by atoms with Gasteiger partial charge in [-0.15, -0.1) is 0 Å². The van der Waals surface area contributed by atoms with Crippen molar-refractivity contribution in [2.75, 3.05) is 0 Å². The van der Waals surface area contributed by atoms with Gasteiger partial charge in [0, 0.05) is 33.2 Å². The minimum atomic E-state index is -0.666. The second-order valence-electron chi connectivity index (χ2n) is 15.3. The van der Waals surface area contributed by atoms with Crippen LogP contribution in [0.15, 0.2) is 115 Å². The summed E-state index contributed by atoms with van der Waals surface area (Å²) in [5.74, 6) is -1.33. The van der Waals surface area contributed by atoms with E-state index in [1.54, 1.807) is 0 Å². The Morgan fingerprint density at radius 1 is 0.500 bits per heavy atom. The van der Waals surface area contributed by atoms with Crippen LogP contribution in [-0.2, 0) is 10.8 Å². The third kappa shape index (κ3) is 4.98. The smallest absolute Gasteiger partial charge is 0.126 e. The second-order valence-corrected chi connectivity index (χ2v) is 15.3. The van der Waals surface area contributed by atoms with Crippen molar-refractivity contribution in [3.63, 3.8) is 0 Å². The summed E-state index contributed by atoms with van der Waals surface area (Å²) < 4.78 is 34.3. The molecule has 2 aromatic heterocycles. The molecule has 0 unspecified atom stereocenters. The first-order valence-electron chi connectivity index (χ1n) is 17.0. The number of aromatic nitrogens is 2. The molecule has 0 spiro atoms. The molecule has 3 nitrogen and oxygen atoms in total. The quantitative estimate of drug-likeness (QED) is 0.186. The molecule has 246 valence electrons. The largest absolute Gasteiger partial charge is 0.309 e. The van der Waals surface area contributed by atoms with Crippen LogP contribution in [0.1, 0.15) is 58.2 Å². The first-order valence-corrected chi connectivity index (χ1v) is 17.0. The van der Waals surface area contributed by atoms with Gasteiger partial charge in [0.1, 0.15) is 17.7 Å². The monoisotopic (exact) mass is 657 g/mol. The average molecular weight is 658 g/mol. The van der Waals surface area contributed by atoms with Crippen molar-refractivity contribution >= 4 is 43.6 Å². The molecule has 6 aromatic carbocycles. The Labute approximate surface area is 290 Å². The van der Waals surface area contributed by atoms with Crippen molar-refractivity contribution < 1.29 is 8.78 Å². The molecule has 8 aromatic rings. The SMILES string of the molecule is CC(C)(C)c1ccc2c(c1)c1ccccc1n2-c1cc(-c2cc(F)cc(F)c2)c(-n2c3ccccc3c3cc(C(C)(C)C)ccc32)cc1C#N. The highest BCUT2D eigenvalue weighted by molar-refractivity contribution is 6.11. The number of nitriles is 1. The van der Waals surface area contributed by atoms with E-state index in [1.165, 1.54) is 23.3 Å². The van der Waals surface area contributed by atoms with Crippen LogP contribution in [0.5, 0.6) is 0 Å². The molecule has 0 saturated carbocycles. The molecule has 50 heavy (non-hydrogen) atoms. The third-order valence-corrected chi connectivity index (χ3v) is 9.97. The van der Waals surface area contributed by atoms with Gasteiger partial charge in [0.05, 0.1) is 39.0 Å². The Kier molecular flexibility index (Phi) is 7.03. The summed E-state index contributed by atoms with van der Waals surface area (Å²) in [7, 11) is 0. The summed E-state index contributed by atoms with van der Waals surface area (Å²) in [6.45, 7) is 13.2. The molecule has 0 saturated heterocycles. The summed E-state index contributed by atoms with van der Waals surface area (Å²) in [4.78, 5) is 0. The van der Waals surface area contributed by atoms with Crippen LogP contribution in [-0.4, -0.2) is 9.13 Å². The van der Waals surface area contributed by atoms with Gasteiger partial charge in [-0.1, -0.05) is 90.1 Å². The van der Waals surface area contributed by atoms with Gasteiger partial charge in [0.2, 0.25) is 0 Å². The summed E-state index contributed by atoms with van der Waals surface area (Å²) in [6.07, 6.45) is 0. The van der Waals surface area contributed by atoms with E-state index in [1.807, 2.05) is 36.4 Å². The standard InChI is InChI=1S/C45H37F2N3/c1-44(2,3)29-15-17-40-36(22-29)33-11-7-9-13-38(33)49(40)42-25-35(27-19-31(46)24-32(47)20-27)43(21-28(42)26-48)50-39-14-10-8-12-34(39)37-23-30(45(4,5)6)16-18-41(37)50/h7-25H,1-6H3. The van der Waals surface area contributed by atoms with Crippen LogP contribution in [0.2, 0.25) is 0 Å². The summed E-state index contributed by atoms with van der Waals surface area (Å²) >= 11 is 0. The highest BCUT2D eigenvalue weighted by Gasteiger charge is 2.24. The topological polar surface area (TPSA) is 33.6 Å². The lowest BCUT2D eigenvalue weighted by atomic mass is 9.86. The highest BCUT2D eigenvalue weighted by atomic mass is 19.1. The Morgan fingerprint density at radius 2 is 0.960 bits per heavy atom. The Morgan fingerprint density at radius 3 is 1.44 bits per heavy atom. The first-order chi connectivity index (χ1) is 23.8.